The minimum atomic E-state index is -0.757. The Labute approximate surface area is 199 Å². The lowest BCUT2D eigenvalue weighted by Gasteiger charge is -2.32. The molecule has 1 atom stereocenters. The Morgan fingerprint density at radius 1 is 1.26 bits per heavy atom. The molecule has 0 radical (unpaired) electrons. The van der Waals surface area contributed by atoms with Crippen LogP contribution >= 0.6 is 0 Å². The molecule has 10 nitrogen and oxygen atoms in total. The first-order valence-corrected chi connectivity index (χ1v) is 11.3. The number of nitro groups is 1. The number of carbonyl (C=O) groups is 1. The lowest BCUT2D eigenvalue weighted by atomic mass is 9.78. The summed E-state index contributed by atoms with van der Waals surface area (Å²) in [6.45, 7) is 11.9. The van der Waals surface area contributed by atoms with E-state index in [9.17, 15) is 14.9 Å². The Morgan fingerprint density at radius 3 is 2.47 bits per heavy atom. The second-order valence-electron chi connectivity index (χ2n) is 9.32. The van der Waals surface area contributed by atoms with Crippen molar-refractivity contribution in [1.82, 2.24) is 9.78 Å². The van der Waals surface area contributed by atoms with E-state index in [1.165, 1.54) is 12.3 Å². The summed E-state index contributed by atoms with van der Waals surface area (Å²) in [4.78, 5) is 24.4. The molecule has 1 aromatic heterocycles. The van der Waals surface area contributed by atoms with E-state index in [1.807, 2.05) is 34.6 Å². The van der Waals surface area contributed by atoms with E-state index in [-0.39, 0.29) is 29.5 Å². The molecule has 0 unspecified atom stereocenters. The third-order valence-electron chi connectivity index (χ3n) is 6.45. The lowest BCUT2D eigenvalue weighted by molar-refractivity contribution is -0.384. The Balaban J connectivity index is 2.12. The molecule has 34 heavy (non-hydrogen) atoms. The monoisotopic (exact) mass is 473 g/mol. The van der Waals surface area contributed by atoms with Crippen molar-refractivity contribution in [3.8, 4) is 11.3 Å². The molecule has 3 rings (SSSR count). The Morgan fingerprint density at radius 2 is 1.91 bits per heavy atom. The van der Waals surface area contributed by atoms with Crippen molar-refractivity contribution < 1.29 is 28.5 Å². The minimum Gasteiger partial charge on any atom is -0.462 e. The van der Waals surface area contributed by atoms with Gasteiger partial charge < -0.3 is 18.8 Å². The molecule has 0 amide bonds. The second kappa shape index (κ2) is 9.85. The van der Waals surface area contributed by atoms with Gasteiger partial charge in [-0.2, -0.15) is 5.10 Å². The van der Waals surface area contributed by atoms with Crippen LogP contribution in [0.2, 0.25) is 0 Å². The molecule has 0 aliphatic carbocycles. The molecular weight excluding hydrogens is 441 g/mol. The van der Waals surface area contributed by atoms with Crippen LogP contribution in [0.15, 0.2) is 24.4 Å². The molecule has 184 valence electrons. The topological polar surface area (TPSA) is 115 Å². The van der Waals surface area contributed by atoms with Crippen molar-refractivity contribution in [1.29, 1.82) is 0 Å². The third kappa shape index (κ3) is 4.87. The summed E-state index contributed by atoms with van der Waals surface area (Å²) in [6, 6.07) is 4.58. The number of hydrogen-bond donors (Lipinski definition) is 0. The van der Waals surface area contributed by atoms with Gasteiger partial charge in [0.1, 0.15) is 5.56 Å². The van der Waals surface area contributed by atoms with Crippen LogP contribution in [0.1, 0.15) is 64.4 Å². The van der Waals surface area contributed by atoms with Gasteiger partial charge in [-0.3, -0.25) is 14.8 Å². The normalized spacial score (nSPS) is 17.6. The molecule has 1 aromatic carbocycles. The molecule has 0 spiro atoms. The molecule has 0 saturated carbocycles. The SMILES string of the molecule is CCOC(=O)c1cnn([C@H](C)CCOC)c1-c1ccc(B2OC(C)(C)C(C)(C)O2)cc1[N+](=O)[O-]. The number of nitrogens with zero attached hydrogens (tertiary/aromatic N) is 3. The average molecular weight is 473 g/mol. The third-order valence-corrected chi connectivity index (χ3v) is 6.45. The average Bonchev–Trinajstić information content (AvgIpc) is 3.30. The number of rotatable bonds is 9. The van der Waals surface area contributed by atoms with Crippen LogP contribution in [0.4, 0.5) is 5.69 Å². The number of hydrogen-bond acceptors (Lipinski definition) is 8. The van der Waals surface area contributed by atoms with Gasteiger partial charge in [0.2, 0.25) is 0 Å². The fourth-order valence-electron chi connectivity index (χ4n) is 3.76. The van der Waals surface area contributed by atoms with Gasteiger partial charge in [-0.15, -0.1) is 0 Å². The summed E-state index contributed by atoms with van der Waals surface area (Å²) in [5.74, 6) is -0.591. The number of benzene rings is 1. The smallest absolute Gasteiger partial charge is 0.462 e. The van der Waals surface area contributed by atoms with Gasteiger partial charge in [-0.05, 0) is 59.5 Å². The summed E-state index contributed by atoms with van der Waals surface area (Å²) < 4.78 is 24.1. The molecule has 1 aliphatic heterocycles. The fourth-order valence-corrected chi connectivity index (χ4v) is 3.76. The summed E-state index contributed by atoms with van der Waals surface area (Å²) in [5.41, 5.74) is -0.0829. The Bertz CT molecular complexity index is 1050. The number of nitro benzene ring substituents is 1. The fraction of sp³-hybridized carbons (Fsp3) is 0.565. The van der Waals surface area contributed by atoms with Crippen molar-refractivity contribution in [3.05, 3.63) is 40.1 Å². The predicted molar refractivity (Wildman–Crippen MR) is 127 cm³/mol. The van der Waals surface area contributed by atoms with Gasteiger partial charge in [-0.1, -0.05) is 6.07 Å². The van der Waals surface area contributed by atoms with Crippen molar-refractivity contribution >= 4 is 24.2 Å². The number of aromatic nitrogens is 2. The molecule has 1 aliphatic rings. The van der Waals surface area contributed by atoms with Crippen LogP contribution in [0, 0.1) is 10.1 Å². The zero-order chi connectivity index (χ0) is 25.3. The van der Waals surface area contributed by atoms with Gasteiger partial charge in [0.05, 0.1) is 46.2 Å². The van der Waals surface area contributed by atoms with E-state index in [2.05, 4.69) is 5.10 Å². The molecule has 0 bridgehead atoms. The maximum atomic E-state index is 12.7. The zero-order valence-corrected chi connectivity index (χ0v) is 20.8. The highest BCUT2D eigenvalue weighted by Gasteiger charge is 2.52. The number of carbonyl (C=O) groups excluding carboxylic acids is 1. The van der Waals surface area contributed by atoms with Gasteiger partial charge in [0.25, 0.3) is 5.69 Å². The molecule has 1 fully saturated rings. The zero-order valence-electron chi connectivity index (χ0n) is 20.8. The van der Waals surface area contributed by atoms with Crippen molar-refractivity contribution in [3.63, 3.8) is 0 Å². The predicted octanol–water partition coefficient (Wildman–Crippen LogP) is 3.53. The van der Waals surface area contributed by atoms with E-state index < -0.39 is 29.2 Å². The number of ether oxygens (including phenoxy) is 2. The van der Waals surface area contributed by atoms with Crippen LogP contribution in [-0.4, -0.2) is 59.3 Å². The van der Waals surface area contributed by atoms with Crippen LogP contribution in [0.3, 0.4) is 0 Å². The maximum absolute atomic E-state index is 12.7. The van der Waals surface area contributed by atoms with Crippen LogP contribution < -0.4 is 5.46 Å². The molecule has 2 heterocycles. The van der Waals surface area contributed by atoms with E-state index in [0.29, 0.717) is 24.2 Å². The highest BCUT2D eigenvalue weighted by atomic mass is 16.7. The molecule has 2 aromatic rings. The molecular formula is C23H32BN3O7. The summed E-state index contributed by atoms with van der Waals surface area (Å²) in [5, 5.41) is 16.5. The second-order valence-corrected chi connectivity index (χ2v) is 9.32. The van der Waals surface area contributed by atoms with E-state index in [4.69, 9.17) is 18.8 Å². The molecule has 1 saturated heterocycles. The van der Waals surface area contributed by atoms with Crippen molar-refractivity contribution in [2.75, 3.05) is 20.3 Å². The summed E-state index contributed by atoms with van der Waals surface area (Å²) >= 11 is 0. The first-order chi connectivity index (χ1) is 15.9. The highest BCUT2D eigenvalue weighted by molar-refractivity contribution is 6.62. The van der Waals surface area contributed by atoms with Crippen LogP contribution in [0.5, 0.6) is 0 Å². The first kappa shape index (κ1) is 25.9. The Hall–Kier alpha value is -2.76. The summed E-state index contributed by atoms with van der Waals surface area (Å²) in [7, 11) is 0.841. The van der Waals surface area contributed by atoms with Crippen molar-refractivity contribution in [2.45, 2.75) is 65.2 Å². The van der Waals surface area contributed by atoms with Gasteiger partial charge in [0, 0.05) is 19.8 Å². The first-order valence-electron chi connectivity index (χ1n) is 11.3. The van der Waals surface area contributed by atoms with Crippen LogP contribution in [0.25, 0.3) is 11.3 Å². The highest BCUT2D eigenvalue weighted by Crippen LogP contribution is 2.38. The molecule has 0 N–H and O–H groups in total. The number of esters is 1. The minimum absolute atomic E-state index is 0.164. The van der Waals surface area contributed by atoms with E-state index in [1.54, 1.807) is 30.8 Å². The van der Waals surface area contributed by atoms with Gasteiger partial charge in [0.15, 0.2) is 0 Å². The Kier molecular flexibility index (Phi) is 7.49. The largest absolute Gasteiger partial charge is 0.495 e. The number of methoxy groups -OCH3 is 1. The van der Waals surface area contributed by atoms with Crippen LogP contribution in [-0.2, 0) is 18.8 Å². The summed E-state index contributed by atoms with van der Waals surface area (Å²) in [6.07, 6.45) is 2.00. The maximum Gasteiger partial charge on any atom is 0.495 e. The molecule has 11 heteroatoms. The van der Waals surface area contributed by atoms with E-state index in [0.717, 1.165) is 0 Å². The van der Waals surface area contributed by atoms with Crippen molar-refractivity contribution in [2.24, 2.45) is 0 Å². The quantitative estimate of drug-likeness (QED) is 0.235. The van der Waals surface area contributed by atoms with Gasteiger partial charge in [-0.25, -0.2) is 4.79 Å². The lowest BCUT2D eigenvalue weighted by Crippen LogP contribution is -2.41. The van der Waals surface area contributed by atoms with Gasteiger partial charge >= 0.3 is 13.1 Å². The standard InChI is InChI=1S/C23H32BN3O7/c1-8-32-21(28)18-14-25-26(15(2)11-12-31-7)20(18)17-10-9-16(13-19(17)27(29)30)24-33-22(3,4)23(5,6)34-24/h9-10,13-15H,8,11-12H2,1-7H3/t15-/m1/s1. The van der Waals surface area contributed by atoms with E-state index >= 15 is 0 Å².